The molecule has 0 radical (unpaired) electrons. The molecule has 0 aromatic heterocycles. The van der Waals surface area contributed by atoms with E-state index in [4.69, 9.17) is 0 Å². The van der Waals surface area contributed by atoms with E-state index in [1.165, 1.54) is 12.2 Å². The van der Waals surface area contributed by atoms with Gasteiger partial charge >= 0.3 is 0 Å². The number of hydrogen-bond donors (Lipinski definition) is 0. The van der Waals surface area contributed by atoms with Crippen LogP contribution >= 0.6 is 0 Å². The highest BCUT2D eigenvalue weighted by atomic mass is 16.1. The fourth-order valence-electron chi connectivity index (χ4n) is 1.38. The highest BCUT2D eigenvalue weighted by Crippen LogP contribution is 2.11. The van der Waals surface area contributed by atoms with Crippen LogP contribution in [0.5, 0.6) is 0 Å². The van der Waals surface area contributed by atoms with Crippen LogP contribution in [0.25, 0.3) is 0 Å². The number of nitrogens with zero attached hydrogens (tertiary/aromatic N) is 2. The number of isocyanates is 2. The Morgan fingerprint density at radius 2 is 1.47 bits per heavy atom. The Morgan fingerprint density at radius 1 is 1.00 bits per heavy atom. The molecule has 0 aliphatic rings. The van der Waals surface area contributed by atoms with Gasteiger partial charge in [0.25, 0.3) is 0 Å². The minimum Gasteiger partial charge on any atom is -0.211 e. The van der Waals surface area contributed by atoms with Crippen molar-refractivity contribution >= 4 is 12.2 Å². The maximum absolute atomic E-state index is 9.96. The van der Waals surface area contributed by atoms with Crippen molar-refractivity contribution in [2.75, 3.05) is 0 Å². The largest absolute Gasteiger partial charge is 0.235 e. The number of rotatable bonds is 4. The van der Waals surface area contributed by atoms with Crippen molar-refractivity contribution in [3.8, 4) is 0 Å². The minimum absolute atomic E-state index is 0.309. The van der Waals surface area contributed by atoms with Gasteiger partial charge in [-0.2, -0.15) is 0 Å². The molecule has 4 heteroatoms. The Labute approximate surface area is 87.4 Å². The zero-order chi connectivity index (χ0) is 11.1. The third kappa shape index (κ3) is 3.69. The molecule has 1 aromatic carbocycles. The first-order chi connectivity index (χ1) is 7.26. The molecule has 1 rings (SSSR count). The standard InChI is InChI=1S/C11H10N2O2/c1-9-2-10(5-12-7-14)4-11(3-9)6-13-8-15/h2-4H,5-6H2,1H3. The number of benzene rings is 1. The molecule has 0 unspecified atom stereocenters. The predicted molar refractivity (Wildman–Crippen MR) is 54.8 cm³/mol. The normalized spacial score (nSPS) is 8.87. The Hall–Kier alpha value is -2.02. The summed E-state index contributed by atoms with van der Waals surface area (Å²) in [5.74, 6) is 0. The zero-order valence-electron chi connectivity index (χ0n) is 8.36. The molecule has 0 bridgehead atoms. The number of aliphatic imine (C=N–C) groups is 2. The van der Waals surface area contributed by atoms with E-state index in [0.29, 0.717) is 13.1 Å². The lowest BCUT2D eigenvalue weighted by Crippen LogP contribution is -1.89. The van der Waals surface area contributed by atoms with Crippen molar-refractivity contribution in [1.82, 2.24) is 0 Å². The number of hydrogen-bond acceptors (Lipinski definition) is 4. The molecule has 0 amide bonds. The second kappa shape index (κ2) is 5.66. The lowest BCUT2D eigenvalue weighted by Gasteiger charge is -2.02. The molecule has 0 aliphatic heterocycles. The first-order valence-electron chi connectivity index (χ1n) is 4.43. The Balaban J connectivity index is 2.93. The summed E-state index contributed by atoms with van der Waals surface area (Å²) in [6.07, 6.45) is 2.97. The molecule has 4 nitrogen and oxygen atoms in total. The lowest BCUT2D eigenvalue weighted by atomic mass is 10.1. The second-order valence-corrected chi connectivity index (χ2v) is 3.14. The van der Waals surface area contributed by atoms with E-state index >= 15 is 0 Å². The summed E-state index contributed by atoms with van der Waals surface area (Å²) in [4.78, 5) is 26.9. The Morgan fingerprint density at radius 3 is 1.87 bits per heavy atom. The van der Waals surface area contributed by atoms with Crippen LogP contribution in [0.1, 0.15) is 16.7 Å². The zero-order valence-corrected chi connectivity index (χ0v) is 8.36. The van der Waals surface area contributed by atoms with Gasteiger partial charge in [0.2, 0.25) is 12.2 Å². The quantitative estimate of drug-likeness (QED) is 0.550. The molecular weight excluding hydrogens is 192 g/mol. The molecule has 0 spiro atoms. The topological polar surface area (TPSA) is 58.9 Å². The van der Waals surface area contributed by atoms with Gasteiger partial charge in [-0.05, 0) is 18.1 Å². The van der Waals surface area contributed by atoms with Crippen LogP contribution in [-0.2, 0) is 22.7 Å². The maximum atomic E-state index is 9.96. The van der Waals surface area contributed by atoms with Crippen molar-refractivity contribution in [1.29, 1.82) is 0 Å². The van der Waals surface area contributed by atoms with Crippen LogP contribution in [0.15, 0.2) is 28.2 Å². The number of carbonyl (C=O) groups excluding carboxylic acids is 2. The predicted octanol–water partition coefficient (Wildman–Crippen LogP) is 1.67. The SMILES string of the molecule is Cc1cc(CN=C=O)cc(CN=C=O)c1. The summed E-state index contributed by atoms with van der Waals surface area (Å²) in [7, 11) is 0. The van der Waals surface area contributed by atoms with E-state index in [9.17, 15) is 9.59 Å². The fraction of sp³-hybridized carbons (Fsp3) is 0.273. The fourth-order valence-corrected chi connectivity index (χ4v) is 1.38. The molecule has 0 saturated heterocycles. The van der Waals surface area contributed by atoms with Crippen molar-refractivity contribution < 1.29 is 9.59 Å². The summed E-state index contributed by atoms with van der Waals surface area (Å²) in [5, 5.41) is 0. The van der Waals surface area contributed by atoms with Crippen LogP contribution in [0.2, 0.25) is 0 Å². The highest BCUT2D eigenvalue weighted by Gasteiger charge is 1.97. The van der Waals surface area contributed by atoms with Gasteiger partial charge in [-0.3, -0.25) is 0 Å². The molecular formula is C11H10N2O2. The van der Waals surface area contributed by atoms with Gasteiger partial charge in [-0.15, -0.1) is 0 Å². The second-order valence-electron chi connectivity index (χ2n) is 3.14. The molecule has 0 saturated carbocycles. The first-order valence-corrected chi connectivity index (χ1v) is 4.43. The summed E-state index contributed by atoms with van der Waals surface area (Å²) in [5.41, 5.74) is 2.87. The molecule has 0 aliphatic carbocycles. The third-order valence-electron chi connectivity index (χ3n) is 1.85. The number of aryl methyl sites for hydroxylation is 1. The monoisotopic (exact) mass is 202 g/mol. The van der Waals surface area contributed by atoms with Crippen molar-refractivity contribution in [2.45, 2.75) is 20.0 Å². The minimum atomic E-state index is 0.309. The lowest BCUT2D eigenvalue weighted by molar-refractivity contribution is 0.562. The smallest absolute Gasteiger partial charge is 0.211 e. The van der Waals surface area contributed by atoms with Crippen LogP contribution in [0.4, 0.5) is 0 Å². The van der Waals surface area contributed by atoms with Gasteiger partial charge in [0, 0.05) is 0 Å². The Kier molecular flexibility index (Phi) is 4.17. The average molecular weight is 202 g/mol. The van der Waals surface area contributed by atoms with Crippen LogP contribution in [0.3, 0.4) is 0 Å². The van der Waals surface area contributed by atoms with Crippen molar-refractivity contribution in [3.63, 3.8) is 0 Å². The van der Waals surface area contributed by atoms with Crippen molar-refractivity contribution in [3.05, 3.63) is 34.9 Å². The van der Waals surface area contributed by atoms with E-state index in [0.717, 1.165) is 16.7 Å². The maximum Gasteiger partial charge on any atom is 0.235 e. The van der Waals surface area contributed by atoms with Gasteiger partial charge < -0.3 is 0 Å². The third-order valence-corrected chi connectivity index (χ3v) is 1.85. The molecule has 0 fully saturated rings. The van der Waals surface area contributed by atoms with E-state index < -0.39 is 0 Å². The van der Waals surface area contributed by atoms with Gasteiger partial charge in [0.15, 0.2) is 0 Å². The van der Waals surface area contributed by atoms with E-state index in [1.54, 1.807) is 0 Å². The van der Waals surface area contributed by atoms with Gasteiger partial charge in [-0.25, -0.2) is 19.6 Å². The Bertz CT molecular complexity index is 404. The summed E-state index contributed by atoms with van der Waals surface area (Å²) < 4.78 is 0. The van der Waals surface area contributed by atoms with Gasteiger partial charge in [0.1, 0.15) is 0 Å². The van der Waals surface area contributed by atoms with Crippen LogP contribution in [-0.4, -0.2) is 12.2 Å². The average Bonchev–Trinajstić information content (AvgIpc) is 2.23. The molecule has 15 heavy (non-hydrogen) atoms. The van der Waals surface area contributed by atoms with E-state index in [1.807, 2.05) is 25.1 Å². The molecule has 0 atom stereocenters. The van der Waals surface area contributed by atoms with Crippen molar-refractivity contribution in [2.24, 2.45) is 9.98 Å². The van der Waals surface area contributed by atoms with Crippen LogP contribution in [0, 0.1) is 6.92 Å². The van der Waals surface area contributed by atoms with Crippen LogP contribution < -0.4 is 0 Å². The van der Waals surface area contributed by atoms with Gasteiger partial charge in [-0.1, -0.05) is 23.8 Å². The van der Waals surface area contributed by atoms with Gasteiger partial charge in [0.05, 0.1) is 13.1 Å². The van der Waals surface area contributed by atoms with E-state index in [2.05, 4.69) is 9.98 Å². The first kappa shape index (κ1) is 11.1. The molecule has 1 aromatic rings. The molecule has 76 valence electrons. The molecule has 0 N–H and O–H groups in total. The summed E-state index contributed by atoms with van der Waals surface area (Å²) in [6.45, 7) is 2.55. The summed E-state index contributed by atoms with van der Waals surface area (Å²) >= 11 is 0. The van der Waals surface area contributed by atoms with E-state index in [-0.39, 0.29) is 0 Å². The highest BCUT2D eigenvalue weighted by molar-refractivity contribution is 5.36. The summed E-state index contributed by atoms with van der Waals surface area (Å²) in [6, 6.07) is 5.71. The molecule has 0 heterocycles.